The van der Waals surface area contributed by atoms with E-state index >= 15 is 0 Å². The Hall–Kier alpha value is -2.32. The fraction of sp³-hybridized carbons (Fsp3) is 0.429. The average Bonchev–Trinajstić information content (AvgIpc) is 2.54. The molecule has 0 saturated heterocycles. The van der Waals surface area contributed by atoms with Gasteiger partial charge in [0.05, 0.1) is 0 Å². The van der Waals surface area contributed by atoms with Crippen molar-refractivity contribution in [1.82, 2.24) is 20.6 Å². The minimum absolute atomic E-state index is 0.220. The molecule has 0 spiro atoms. The van der Waals surface area contributed by atoms with Crippen molar-refractivity contribution >= 4 is 22.8 Å². The molecule has 0 unspecified atom stereocenters. The molecule has 0 fully saturated rings. The van der Waals surface area contributed by atoms with Crippen LogP contribution in [0.25, 0.3) is 11.2 Å². The molecule has 0 saturated carbocycles. The SMILES string of the molecule is CC1(C)N=Nc2oc3nnnnc3c2N=N1. The first-order chi connectivity index (χ1) is 7.66. The van der Waals surface area contributed by atoms with Crippen LogP contribution in [0.4, 0.5) is 11.6 Å². The van der Waals surface area contributed by atoms with Crippen LogP contribution < -0.4 is 0 Å². The molecule has 0 N–H and O–H groups in total. The van der Waals surface area contributed by atoms with Crippen LogP contribution in [0.3, 0.4) is 0 Å². The summed E-state index contributed by atoms with van der Waals surface area (Å²) >= 11 is 0. The molecule has 3 heterocycles. The molecule has 1 aliphatic heterocycles. The molecule has 0 aromatic carbocycles. The van der Waals surface area contributed by atoms with Gasteiger partial charge in [-0.2, -0.15) is 10.2 Å². The van der Waals surface area contributed by atoms with Crippen LogP contribution in [0.5, 0.6) is 0 Å². The van der Waals surface area contributed by atoms with Crippen LogP contribution in [0.1, 0.15) is 13.8 Å². The maximum atomic E-state index is 5.27. The van der Waals surface area contributed by atoms with Gasteiger partial charge in [-0.1, -0.05) is 5.10 Å². The highest BCUT2D eigenvalue weighted by Crippen LogP contribution is 2.40. The summed E-state index contributed by atoms with van der Waals surface area (Å²) in [5.74, 6) is 0.221. The summed E-state index contributed by atoms with van der Waals surface area (Å²) < 4.78 is 5.27. The van der Waals surface area contributed by atoms with Gasteiger partial charge < -0.3 is 4.42 Å². The molecule has 0 aliphatic carbocycles. The lowest BCUT2D eigenvalue weighted by Crippen LogP contribution is -2.09. The van der Waals surface area contributed by atoms with Gasteiger partial charge in [0.25, 0.3) is 11.6 Å². The Morgan fingerprint density at radius 3 is 2.62 bits per heavy atom. The second-order valence-electron chi connectivity index (χ2n) is 3.68. The minimum Gasteiger partial charge on any atom is -0.413 e. The van der Waals surface area contributed by atoms with Crippen LogP contribution >= 0.6 is 0 Å². The van der Waals surface area contributed by atoms with Crippen molar-refractivity contribution in [3.63, 3.8) is 0 Å². The van der Waals surface area contributed by atoms with Crippen molar-refractivity contribution < 1.29 is 4.42 Å². The van der Waals surface area contributed by atoms with E-state index in [4.69, 9.17) is 4.42 Å². The Kier molecular flexibility index (Phi) is 1.59. The molecule has 0 atom stereocenters. The van der Waals surface area contributed by atoms with Gasteiger partial charge in [0, 0.05) is 0 Å². The van der Waals surface area contributed by atoms with E-state index in [1.807, 2.05) is 0 Å². The summed E-state index contributed by atoms with van der Waals surface area (Å²) in [4.78, 5) is 0. The molecule has 0 radical (unpaired) electrons. The standard InChI is InChI=1S/C7H6N8O/c1-7(2)12-8-3-4-6(11-15-14-9-4)16-5(3)10-13-7/h1-2H3. The van der Waals surface area contributed by atoms with Gasteiger partial charge in [-0.3, -0.25) is 0 Å². The zero-order valence-corrected chi connectivity index (χ0v) is 8.49. The van der Waals surface area contributed by atoms with Gasteiger partial charge in [0.2, 0.25) is 0 Å². The number of hydrogen-bond acceptors (Lipinski definition) is 9. The molecule has 0 bridgehead atoms. The van der Waals surface area contributed by atoms with Gasteiger partial charge in [0.15, 0.2) is 16.9 Å². The lowest BCUT2D eigenvalue weighted by atomic mass is 10.3. The third kappa shape index (κ3) is 1.25. The molecular formula is C7H6N8O. The van der Waals surface area contributed by atoms with Crippen molar-refractivity contribution in [2.75, 3.05) is 0 Å². The normalized spacial score (nSPS) is 17.4. The van der Waals surface area contributed by atoms with Crippen molar-refractivity contribution in [2.24, 2.45) is 20.5 Å². The lowest BCUT2D eigenvalue weighted by Gasteiger charge is -2.06. The maximum absolute atomic E-state index is 5.27. The number of nitrogens with zero attached hydrogens (tertiary/aromatic N) is 8. The van der Waals surface area contributed by atoms with Crippen LogP contribution in [0.2, 0.25) is 0 Å². The zero-order chi connectivity index (χ0) is 11.2. The minimum atomic E-state index is -0.707. The number of rotatable bonds is 0. The summed E-state index contributed by atoms with van der Waals surface area (Å²) in [7, 11) is 0. The van der Waals surface area contributed by atoms with Crippen LogP contribution in [0, 0.1) is 0 Å². The van der Waals surface area contributed by atoms with E-state index in [1.165, 1.54) is 0 Å². The molecule has 3 rings (SSSR count). The van der Waals surface area contributed by atoms with E-state index in [9.17, 15) is 0 Å². The van der Waals surface area contributed by atoms with Crippen molar-refractivity contribution in [3.05, 3.63) is 0 Å². The maximum Gasteiger partial charge on any atom is 0.272 e. The number of azo groups is 2. The summed E-state index contributed by atoms with van der Waals surface area (Å²) in [6, 6.07) is 0. The summed E-state index contributed by atoms with van der Waals surface area (Å²) in [5.41, 5.74) is 0.275. The predicted molar refractivity (Wildman–Crippen MR) is 50.5 cm³/mol. The largest absolute Gasteiger partial charge is 0.413 e. The summed E-state index contributed by atoms with van der Waals surface area (Å²) in [6.07, 6.45) is 0. The first kappa shape index (κ1) is 8.95. The Balaban J connectivity index is 2.30. The Labute approximate surface area is 88.7 Å². The Morgan fingerprint density at radius 1 is 1.00 bits per heavy atom. The van der Waals surface area contributed by atoms with E-state index < -0.39 is 5.66 Å². The smallest absolute Gasteiger partial charge is 0.272 e. The number of furan rings is 1. The molecule has 16 heavy (non-hydrogen) atoms. The van der Waals surface area contributed by atoms with Gasteiger partial charge in [-0.15, -0.1) is 15.3 Å². The average molecular weight is 218 g/mol. The summed E-state index contributed by atoms with van der Waals surface area (Å²) in [6.45, 7) is 3.55. The second kappa shape index (κ2) is 2.84. The first-order valence-electron chi connectivity index (χ1n) is 4.50. The zero-order valence-electron chi connectivity index (χ0n) is 8.49. The van der Waals surface area contributed by atoms with Gasteiger partial charge in [-0.05, 0) is 24.3 Å². The number of fused-ring (bicyclic) bond motifs is 3. The molecule has 2 aromatic heterocycles. The molecule has 1 aliphatic rings. The van der Waals surface area contributed by atoms with Gasteiger partial charge in [-0.25, -0.2) is 0 Å². The van der Waals surface area contributed by atoms with E-state index in [1.54, 1.807) is 13.8 Å². The van der Waals surface area contributed by atoms with E-state index in [-0.39, 0.29) is 11.6 Å². The van der Waals surface area contributed by atoms with E-state index in [0.29, 0.717) is 11.2 Å². The molecule has 9 heteroatoms. The second-order valence-corrected chi connectivity index (χ2v) is 3.68. The van der Waals surface area contributed by atoms with Gasteiger partial charge >= 0.3 is 0 Å². The fourth-order valence-electron chi connectivity index (χ4n) is 1.19. The Morgan fingerprint density at radius 2 is 1.75 bits per heavy atom. The quantitative estimate of drug-likeness (QED) is 0.669. The van der Waals surface area contributed by atoms with Crippen LogP contribution in [-0.2, 0) is 0 Å². The fourth-order valence-corrected chi connectivity index (χ4v) is 1.19. The summed E-state index contributed by atoms with van der Waals surface area (Å²) in [5, 5.41) is 30.1. The van der Waals surface area contributed by atoms with E-state index in [2.05, 4.69) is 41.1 Å². The third-order valence-electron chi connectivity index (χ3n) is 1.92. The van der Waals surface area contributed by atoms with Gasteiger partial charge in [0.1, 0.15) is 0 Å². The molecular weight excluding hydrogens is 212 g/mol. The van der Waals surface area contributed by atoms with Crippen LogP contribution in [-0.4, -0.2) is 26.3 Å². The predicted octanol–water partition coefficient (Wildman–Crippen LogP) is 1.93. The molecule has 0 amide bonds. The number of aromatic nitrogens is 4. The van der Waals surface area contributed by atoms with Crippen LogP contribution in [0.15, 0.2) is 24.9 Å². The lowest BCUT2D eigenvalue weighted by molar-refractivity contribution is 0.496. The molecule has 2 aromatic rings. The number of hydrogen-bond donors (Lipinski definition) is 0. The topological polar surface area (TPSA) is 114 Å². The van der Waals surface area contributed by atoms with E-state index in [0.717, 1.165) is 0 Å². The third-order valence-corrected chi connectivity index (χ3v) is 1.92. The van der Waals surface area contributed by atoms with Crippen molar-refractivity contribution in [3.8, 4) is 0 Å². The van der Waals surface area contributed by atoms with Crippen molar-refractivity contribution in [1.29, 1.82) is 0 Å². The monoisotopic (exact) mass is 218 g/mol. The highest BCUT2D eigenvalue weighted by molar-refractivity contribution is 5.88. The highest BCUT2D eigenvalue weighted by atomic mass is 16.4. The highest BCUT2D eigenvalue weighted by Gasteiger charge is 2.24. The first-order valence-corrected chi connectivity index (χ1v) is 4.50. The van der Waals surface area contributed by atoms with Crippen molar-refractivity contribution in [2.45, 2.75) is 19.5 Å². The molecule has 80 valence electrons. The molecule has 9 nitrogen and oxygen atoms in total. The Bertz CT molecular complexity index is 612.